The minimum Gasteiger partial charge on any atom is -0.480 e. The molecule has 0 radical (unpaired) electrons. The summed E-state index contributed by atoms with van der Waals surface area (Å²) in [7, 11) is 3.28. The zero-order chi connectivity index (χ0) is 16.0. The van der Waals surface area contributed by atoms with E-state index in [0.29, 0.717) is 18.9 Å². The van der Waals surface area contributed by atoms with Crippen LogP contribution in [0.3, 0.4) is 0 Å². The standard InChI is InChI=1S/C17H18N2O4/c1-19-13(16(20)21-2)9-12-15(19)11-3-6-18-10-14(11)23-17(12)4-7-22-8-5-17/h3,6,9-10H,4-5,7-8H2,1-2H3. The largest absolute Gasteiger partial charge is 0.480 e. The molecule has 4 heterocycles. The number of esters is 1. The van der Waals surface area contributed by atoms with Gasteiger partial charge < -0.3 is 18.8 Å². The quantitative estimate of drug-likeness (QED) is 0.756. The lowest BCUT2D eigenvalue weighted by atomic mass is 9.82. The second-order valence-corrected chi connectivity index (χ2v) is 5.92. The molecule has 2 aromatic rings. The van der Waals surface area contributed by atoms with Crippen LogP contribution >= 0.6 is 0 Å². The van der Waals surface area contributed by atoms with E-state index in [-0.39, 0.29) is 5.97 Å². The van der Waals surface area contributed by atoms with Crippen LogP contribution in [0.1, 0.15) is 28.9 Å². The zero-order valence-electron chi connectivity index (χ0n) is 13.2. The molecule has 23 heavy (non-hydrogen) atoms. The van der Waals surface area contributed by atoms with E-state index in [2.05, 4.69) is 4.98 Å². The van der Waals surface area contributed by atoms with Crippen LogP contribution in [0.5, 0.6) is 5.75 Å². The van der Waals surface area contributed by atoms with Crippen molar-refractivity contribution in [2.24, 2.45) is 7.05 Å². The Morgan fingerprint density at radius 1 is 1.39 bits per heavy atom. The lowest BCUT2D eigenvalue weighted by molar-refractivity contribution is -0.0516. The van der Waals surface area contributed by atoms with Crippen LogP contribution in [0.25, 0.3) is 11.3 Å². The number of fused-ring (bicyclic) bond motifs is 4. The number of rotatable bonds is 1. The molecule has 0 aliphatic carbocycles. The van der Waals surface area contributed by atoms with Crippen LogP contribution in [-0.4, -0.2) is 35.8 Å². The molecule has 6 heteroatoms. The highest BCUT2D eigenvalue weighted by Gasteiger charge is 2.45. The SMILES string of the molecule is COC(=O)c1cc2c(n1C)-c1ccncc1OC21CCOCC1. The molecule has 0 N–H and O–H groups in total. The maximum Gasteiger partial charge on any atom is 0.354 e. The van der Waals surface area contributed by atoms with Crippen LogP contribution in [0.2, 0.25) is 0 Å². The van der Waals surface area contributed by atoms with Gasteiger partial charge >= 0.3 is 5.97 Å². The van der Waals surface area contributed by atoms with Gasteiger partial charge in [-0.15, -0.1) is 0 Å². The summed E-state index contributed by atoms with van der Waals surface area (Å²) in [6.45, 7) is 1.27. The third kappa shape index (κ3) is 1.98. The average Bonchev–Trinajstić information content (AvgIpc) is 2.94. The van der Waals surface area contributed by atoms with Crippen molar-refractivity contribution in [1.82, 2.24) is 9.55 Å². The smallest absolute Gasteiger partial charge is 0.354 e. The highest BCUT2D eigenvalue weighted by atomic mass is 16.5. The van der Waals surface area contributed by atoms with E-state index in [0.717, 1.165) is 35.4 Å². The Balaban J connectivity index is 1.97. The first kappa shape index (κ1) is 14.3. The number of carbonyl (C=O) groups excluding carboxylic acids is 1. The first-order valence-electron chi connectivity index (χ1n) is 7.66. The summed E-state index contributed by atoms with van der Waals surface area (Å²) in [6, 6.07) is 3.82. The number of hydrogen-bond acceptors (Lipinski definition) is 5. The minimum absolute atomic E-state index is 0.347. The number of methoxy groups -OCH3 is 1. The van der Waals surface area contributed by atoms with Gasteiger partial charge in [0.1, 0.15) is 17.0 Å². The summed E-state index contributed by atoms with van der Waals surface area (Å²) in [5, 5.41) is 0. The summed E-state index contributed by atoms with van der Waals surface area (Å²) in [4.78, 5) is 16.3. The number of aromatic nitrogens is 2. The topological polar surface area (TPSA) is 62.6 Å². The third-order valence-corrected chi connectivity index (χ3v) is 4.76. The lowest BCUT2D eigenvalue weighted by Crippen LogP contribution is -2.41. The van der Waals surface area contributed by atoms with Crippen molar-refractivity contribution in [1.29, 1.82) is 0 Å². The number of carbonyl (C=O) groups is 1. The fourth-order valence-electron chi connectivity index (χ4n) is 3.57. The van der Waals surface area contributed by atoms with Gasteiger partial charge in [-0.1, -0.05) is 0 Å². The minimum atomic E-state index is -0.465. The molecule has 0 saturated carbocycles. The van der Waals surface area contributed by atoms with Crippen molar-refractivity contribution in [3.63, 3.8) is 0 Å². The third-order valence-electron chi connectivity index (χ3n) is 4.76. The number of ether oxygens (including phenoxy) is 3. The van der Waals surface area contributed by atoms with Crippen LogP contribution in [0.15, 0.2) is 24.5 Å². The summed E-state index contributed by atoms with van der Waals surface area (Å²) >= 11 is 0. The molecule has 0 amide bonds. The Bertz CT molecular complexity index is 775. The van der Waals surface area contributed by atoms with E-state index in [1.165, 1.54) is 7.11 Å². The van der Waals surface area contributed by atoms with Gasteiger partial charge in [0.25, 0.3) is 0 Å². The molecule has 4 rings (SSSR count). The van der Waals surface area contributed by atoms with E-state index in [1.54, 1.807) is 12.4 Å². The second-order valence-electron chi connectivity index (χ2n) is 5.92. The van der Waals surface area contributed by atoms with Crippen LogP contribution in [0.4, 0.5) is 0 Å². The van der Waals surface area contributed by atoms with Gasteiger partial charge in [0.05, 0.1) is 32.2 Å². The van der Waals surface area contributed by atoms with Gasteiger partial charge in [-0.25, -0.2) is 4.79 Å². The summed E-state index contributed by atoms with van der Waals surface area (Å²) in [6.07, 6.45) is 4.97. The summed E-state index contributed by atoms with van der Waals surface area (Å²) < 4.78 is 18.7. The van der Waals surface area contributed by atoms with Crippen molar-refractivity contribution in [2.45, 2.75) is 18.4 Å². The molecule has 0 bridgehead atoms. The fraction of sp³-hybridized carbons (Fsp3) is 0.412. The Labute approximate surface area is 134 Å². The average molecular weight is 314 g/mol. The molecule has 0 unspecified atom stereocenters. The number of pyridine rings is 1. The highest BCUT2D eigenvalue weighted by Crippen LogP contribution is 2.49. The van der Waals surface area contributed by atoms with Crippen molar-refractivity contribution in [3.8, 4) is 17.0 Å². The van der Waals surface area contributed by atoms with Gasteiger partial charge in [0.2, 0.25) is 0 Å². The Hall–Kier alpha value is -2.34. The first-order valence-corrected chi connectivity index (χ1v) is 7.66. The molecule has 0 atom stereocenters. The molecular weight excluding hydrogens is 296 g/mol. The van der Waals surface area contributed by atoms with Gasteiger partial charge in [-0.2, -0.15) is 0 Å². The molecule has 120 valence electrons. The van der Waals surface area contributed by atoms with E-state index < -0.39 is 5.60 Å². The van der Waals surface area contributed by atoms with Gasteiger partial charge in [0, 0.05) is 37.2 Å². The second kappa shape index (κ2) is 5.09. The Morgan fingerprint density at radius 2 is 2.17 bits per heavy atom. The Morgan fingerprint density at radius 3 is 2.91 bits per heavy atom. The summed E-state index contributed by atoms with van der Waals surface area (Å²) in [5.74, 6) is 0.402. The fourth-order valence-corrected chi connectivity index (χ4v) is 3.57. The zero-order valence-corrected chi connectivity index (χ0v) is 13.2. The summed E-state index contributed by atoms with van der Waals surface area (Å²) in [5.41, 5.74) is 3.04. The molecule has 0 aromatic carbocycles. The van der Waals surface area contributed by atoms with Crippen molar-refractivity contribution >= 4 is 5.97 Å². The van der Waals surface area contributed by atoms with Crippen LogP contribution < -0.4 is 4.74 Å². The van der Waals surface area contributed by atoms with E-state index >= 15 is 0 Å². The molecule has 6 nitrogen and oxygen atoms in total. The number of nitrogens with zero attached hydrogens (tertiary/aromatic N) is 2. The van der Waals surface area contributed by atoms with Crippen LogP contribution in [0, 0.1) is 0 Å². The van der Waals surface area contributed by atoms with Gasteiger partial charge in [-0.3, -0.25) is 4.98 Å². The molecule has 2 aliphatic rings. The van der Waals surface area contributed by atoms with E-state index in [1.807, 2.05) is 23.7 Å². The van der Waals surface area contributed by atoms with Crippen molar-refractivity contribution in [2.75, 3.05) is 20.3 Å². The Kier molecular flexibility index (Phi) is 3.16. The highest BCUT2D eigenvalue weighted by molar-refractivity contribution is 5.91. The predicted molar refractivity (Wildman–Crippen MR) is 82.3 cm³/mol. The normalized spacial score (nSPS) is 18.0. The van der Waals surface area contributed by atoms with Crippen molar-refractivity contribution < 1.29 is 19.0 Å². The van der Waals surface area contributed by atoms with Crippen LogP contribution in [-0.2, 0) is 22.1 Å². The van der Waals surface area contributed by atoms with Gasteiger partial charge in [-0.05, 0) is 12.1 Å². The van der Waals surface area contributed by atoms with Crippen molar-refractivity contribution in [3.05, 3.63) is 35.8 Å². The molecule has 1 saturated heterocycles. The predicted octanol–water partition coefficient (Wildman–Crippen LogP) is 2.27. The molecule has 1 fully saturated rings. The maximum absolute atomic E-state index is 12.1. The van der Waals surface area contributed by atoms with E-state index in [9.17, 15) is 4.79 Å². The van der Waals surface area contributed by atoms with Gasteiger partial charge in [0.15, 0.2) is 0 Å². The molecular formula is C17H18N2O4. The van der Waals surface area contributed by atoms with E-state index in [4.69, 9.17) is 14.2 Å². The lowest BCUT2D eigenvalue weighted by Gasteiger charge is -2.41. The molecule has 2 aromatic heterocycles. The molecule has 2 aliphatic heterocycles. The first-order chi connectivity index (χ1) is 11.2. The monoisotopic (exact) mass is 314 g/mol. The maximum atomic E-state index is 12.1. The molecule has 1 spiro atoms. The number of hydrogen-bond donors (Lipinski definition) is 0.